The van der Waals surface area contributed by atoms with Crippen LogP contribution >= 0.6 is 15.9 Å². The molecule has 1 atom stereocenters. The minimum atomic E-state index is 0.0290. The van der Waals surface area contributed by atoms with Crippen LogP contribution in [-0.4, -0.2) is 37.0 Å². The summed E-state index contributed by atoms with van der Waals surface area (Å²) >= 11 is 3.38. The van der Waals surface area contributed by atoms with E-state index in [0.717, 1.165) is 23.2 Å². The molecular weight excluding hydrogens is 284 g/mol. The topological polar surface area (TPSA) is 55.6 Å². The van der Waals surface area contributed by atoms with Crippen molar-refractivity contribution < 1.29 is 9.53 Å². The number of nitrogens with zero attached hydrogens (tertiary/aromatic N) is 1. The number of methoxy groups -OCH3 is 1. The first-order valence-corrected chi connectivity index (χ1v) is 6.29. The lowest BCUT2D eigenvalue weighted by atomic mass is 10.2. The zero-order chi connectivity index (χ0) is 12.4. The quantitative estimate of drug-likeness (QED) is 0.903. The monoisotopic (exact) mass is 298 g/mol. The lowest BCUT2D eigenvalue weighted by Gasteiger charge is -2.16. The molecule has 1 saturated heterocycles. The average Bonchev–Trinajstić information content (AvgIpc) is 2.75. The molecule has 1 aliphatic rings. The summed E-state index contributed by atoms with van der Waals surface area (Å²) in [6, 6.07) is 5.45. The first-order valence-electron chi connectivity index (χ1n) is 5.50. The van der Waals surface area contributed by atoms with Crippen molar-refractivity contribution in [1.29, 1.82) is 0 Å². The zero-order valence-electron chi connectivity index (χ0n) is 9.65. The summed E-state index contributed by atoms with van der Waals surface area (Å²) in [6.45, 7) is 1.38. The van der Waals surface area contributed by atoms with Crippen molar-refractivity contribution in [2.24, 2.45) is 5.73 Å². The fourth-order valence-corrected chi connectivity index (χ4v) is 2.49. The summed E-state index contributed by atoms with van der Waals surface area (Å²) < 4.78 is 5.92. The zero-order valence-corrected chi connectivity index (χ0v) is 11.2. The summed E-state index contributed by atoms with van der Waals surface area (Å²) in [6.07, 6.45) is 0.878. The number of halogens is 1. The Morgan fingerprint density at radius 1 is 1.59 bits per heavy atom. The molecule has 0 aliphatic carbocycles. The lowest BCUT2D eigenvalue weighted by Crippen LogP contribution is -2.31. The molecule has 17 heavy (non-hydrogen) atoms. The highest BCUT2D eigenvalue weighted by Gasteiger charge is 2.24. The Labute approximate surface area is 109 Å². The van der Waals surface area contributed by atoms with Gasteiger partial charge in [0.2, 0.25) is 0 Å². The molecule has 2 N–H and O–H groups in total. The molecule has 0 bridgehead atoms. The maximum atomic E-state index is 12.2. The van der Waals surface area contributed by atoms with Gasteiger partial charge in [-0.3, -0.25) is 4.79 Å². The third kappa shape index (κ3) is 2.61. The molecule has 1 unspecified atom stereocenters. The summed E-state index contributed by atoms with van der Waals surface area (Å²) in [5.41, 5.74) is 6.45. The normalized spacial score (nSPS) is 19.5. The molecule has 0 aromatic heterocycles. The van der Waals surface area contributed by atoms with E-state index in [1.165, 1.54) is 0 Å². The predicted molar refractivity (Wildman–Crippen MR) is 69.2 cm³/mol. The number of carbonyl (C=O) groups excluding carboxylic acids is 1. The van der Waals surface area contributed by atoms with Gasteiger partial charge in [0.1, 0.15) is 5.75 Å². The van der Waals surface area contributed by atoms with Crippen LogP contribution < -0.4 is 10.5 Å². The smallest absolute Gasteiger partial charge is 0.253 e. The van der Waals surface area contributed by atoms with Gasteiger partial charge < -0.3 is 15.4 Å². The van der Waals surface area contributed by atoms with Crippen LogP contribution in [0.15, 0.2) is 22.7 Å². The standard InChI is InChI=1S/C12H15BrN2O2/c1-17-11-3-2-8(6-10(11)13)12(16)15-5-4-9(14)7-15/h2-3,6,9H,4-5,7,14H2,1H3. The van der Waals surface area contributed by atoms with Crippen LogP contribution in [0.3, 0.4) is 0 Å². The Balaban J connectivity index is 2.17. The van der Waals surface area contributed by atoms with E-state index in [4.69, 9.17) is 10.5 Å². The van der Waals surface area contributed by atoms with E-state index in [1.54, 1.807) is 30.2 Å². The molecule has 1 aromatic carbocycles. The highest BCUT2D eigenvalue weighted by molar-refractivity contribution is 9.10. The van der Waals surface area contributed by atoms with Crippen LogP contribution in [0.25, 0.3) is 0 Å². The summed E-state index contributed by atoms with van der Waals surface area (Å²) in [4.78, 5) is 13.9. The molecule has 5 heteroatoms. The van der Waals surface area contributed by atoms with Gasteiger partial charge in [-0.2, -0.15) is 0 Å². The first-order chi connectivity index (χ1) is 8.11. The first kappa shape index (κ1) is 12.4. The van der Waals surface area contributed by atoms with Gasteiger partial charge in [-0.15, -0.1) is 0 Å². The summed E-state index contributed by atoms with van der Waals surface area (Å²) in [5.74, 6) is 0.751. The molecule has 2 rings (SSSR count). The molecule has 1 aliphatic heterocycles. The van der Waals surface area contributed by atoms with Crippen molar-refractivity contribution in [3.63, 3.8) is 0 Å². The van der Waals surface area contributed by atoms with Gasteiger partial charge in [0.15, 0.2) is 0 Å². The minimum absolute atomic E-state index is 0.0290. The fraction of sp³-hybridized carbons (Fsp3) is 0.417. The third-order valence-electron chi connectivity index (χ3n) is 2.91. The van der Waals surface area contributed by atoms with E-state index >= 15 is 0 Å². The number of hydrogen-bond acceptors (Lipinski definition) is 3. The van der Waals surface area contributed by atoms with Crippen molar-refractivity contribution in [3.8, 4) is 5.75 Å². The lowest BCUT2D eigenvalue weighted by molar-refractivity contribution is 0.0791. The predicted octanol–water partition coefficient (Wildman–Crippen LogP) is 1.63. The van der Waals surface area contributed by atoms with Gasteiger partial charge in [0.05, 0.1) is 11.6 Å². The van der Waals surface area contributed by atoms with E-state index in [0.29, 0.717) is 12.1 Å². The fourth-order valence-electron chi connectivity index (χ4n) is 1.95. The molecule has 1 amide bonds. The number of likely N-dealkylation sites (tertiary alicyclic amines) is 1. The summed E-state index contributed by atoms with van der Waals surface area (Å²) in [7, 11) is 1.60. The largest absolute Gasteiger partial charge is 0.496 e. The van der Waals surface area contributed by atoms with Gasteiger partial charge in [0, 0.05) is 24.7 Å². The molecule has 92 valence electrons. The van der Waals surface area contributed by atoms with Crippen LogP contribution in [0, 0.1) is 0 Å². The van der Waals surface area contributed by atoms with Crippen LogP contribution in [0.1, 0.15) is 16.8 Å². The second-order valence-electron chi connectivity index (χ2n) is 4.15. The van der Waals surface area contributed by atoms with Gasteiger partial charge in [-0.1, -0.05) is 0 Å². The Hall–Kier alpha value is -1.07. The van der Waals surface area contributed by atoms with Crippen molar-refractivity contribution in [2.75, 3.05) is 20.2 Å². The molecule has 1 fully saturated rings. The molecule has 1 heterocycles. The Morgan fingerprint density at radius 2 is 2.35 bits per heavy atom. The highest BCUT2D eigenvalue weighted by Crippen LogP contribution is 2.26. The SMILES string of the molecule is COc1ccc(C(=O)N2CCC(N)C2)cc1Br. The van der Waals surface area contributed by atoms with Crippen molar-refractivity contribution >= 4 is 21.8 Å². The highest BCUT2D eigenvalue weighted by atomic mass is 79.9. The average molecular weight is 299 g/mol. The number of benzene rings is 1. The van der Waals surface area contributed by atoms with Gasteiger partial charge in [0.25, 0.3) is 5.91 Å². The Morgan fingerprint density at radius 3 is 2.88 bits per heavy atom. The number of amides is 1. The van der Waals surface area contributed by atoms with Crippen LogP contribution in [-0.2, 0) is 0 Å². The number of ether oxygens (including phenoxy) is 1. The number of carbonyl (C=O) groups is 1. The second-order valence-corrected chi connectivity index (χ2v) is 5.00. The number of nitrogens with two attached hydrogens (primary N) is 1. The maximum Gasteiger partial charge on any atom is 0.253 e. The molecule has 0 saturated carbocycles. The number of rotatable bonds is 2. The second kappa shape index (κ2) is 5.06. The van der Waals surface area contributed by atoms with Crippen LogP contribution in [0.5, 0.6) is 5.75 Å². The van der Waals surface area contributed by atoms with Crippen molar-refractivity contribution in [2.45, 2.75) is 12.5 Å². The van der Waals surface area contributed by atoms with E-state index in [-0.39, 0.29) is 11.9 Å². The third-order valence-corrected chi connectivity index (χ3v) is 3.53. The van der Waals surface area contributed by atoms with E-state index in [1.807, 2.05) is 0 Å². The Bertz CT molecular complexity index is 437. The van der Waals surface area contributed by atoms with Gasteiger partial charge in [-0.05, 0) is 40.5 Å². The molecule has 4 nitrogen and oxygen atoms in total. The van der Waals surface area contributed by atoms with E-state index < -0.39 is 0 Å². The molecular formula is C12H15BrN2O2. The van der Waals surface area contributed by atoms with Crippen molar-refractivity contribution in [1.82, 2.24) is 4.90 Å². The Kier molecular flexibility index (Phi) is 3.69. The van der Waals surface area contributed by atoms with Crippen LogP contribution in [0.2, 0.25) is 0 Å². The maximum absolute atomic E-state index is 12.2. The van der Waals surface area contributed by atoms with Gasteiger partial charge in [-0.25, -0.2) is 0 Å². The molecule has 0 radical (unpaired) electrons. The molecule has 0 spiro atoms. The van der Waals surface area contributed by atoms with Crippen LogP contribution in [0.4, 0.5) is 0 Å². The molecule has 1 aromatic rings. The number of hydrogen-bond donors (Lipinski definition) is 1. The summed E-state index contributed by atoms with van der Waals surface area (Å²) in [5, 5.41) is 0. The van der Waals surface area contributed by atoms with Gasteiger partial charge >= 0.3 is 0 Å². The van der Waals surface area contributed by atoms with E-state index in [9.17, 15) is 4.79 Å². The minimum Gasteiger partial charge on any atom is -0.496 e. The van der Waals surface area contributed by atoms with Crippen molar-refractivity contribution in [3.05, 3.63) is 28.2 Å². The van der Waals surface area contributed by atoms with E-state index in [2.05, 4.69) is 15.9 Å².